The Morgan fingerprint density at radius 2 is 1.56 bits per heavy atom. The number of aliphatic carboxylic acids is 1. The van der Waals surface area contributed by atoms with Crippen LogP contribution in [0.5, 0.6) is 5.75 Å². The van der Waals surface area contributed by atoms with Crippen molar-refractivity contribution >= 4 is 5.97 Å². The van der Waals surface area contributed by atoms with Gasteiger partial charge >= 0.3 is 5.97 Å². The van der Waals surface area contributed by atoms with Crippen LogP contribution < -0.4 is 10.1 Å². The van der Waals surface area contributed by atoms with Gasteiger partial charge in [-0.2, -0.15) is 0 Å². The van der Waals surface area contributed by atoms with Gasteiger partial charge in [-0.1, -0.05) is 56.7 Å². The van der Waals surface area contributed by atoms with Crippen LogP contribution >= 0.6 is 0 Å². The third kappa shape index (κ3) is 7.47. The van der Waals surface area contributed by atoms with Crippen molar-refractivity contribution in [3.05, 3.63) is 30.3 Å². The molecular weight excluding hydrogens is 422 g/mol. The number of hydrogen-bond donors (Lipinski definition) is 2. The summed E-state index contributed by atoms with van der Waals surface area (Å²) in [6.45, 7) is 1.95. The highest BCUT2D eigenvalue weighted by atomic mass is 16.5. The molecule has 0 amide bonds. The molecule has 4 aliphatic rings. The Bertz CT molecular complexity index is 735. The highest BCUT2D eigenvalue weighted by molar-refractivity contribution is 5.66. The predicted octanol–water partition coefficient (Wildman–Crippen LogP) is 7.37. The molecule has 4 aliphatic carbocycles. The molecule has 190 valence electrons. The number of unbranched alkanes of at least 4 members (excludes halogenated alkanes) is 7. The Morgan fingerprint density at radius 3 is 2.26 bits per heavy atom. The van der Waals surface area contributed by atoms with E-state index in [1.807, 2.05) is 30.3 Å². The van der Waals surface area contributed by atoms with Gasteiger partial charge in [0.05, 0.1) is 6.61 Å². The van der Waals surface area contributed by atoms with Crippen molar-refractivity contribution < 1.29 is 14.6 Å². The van der Waals surface area contributed by atoms with Crippen molar-refractivity contribution in [1.29, 1.82) is 0 Å². The van der Waals surface area contributed by atoms with Gasteiger partial charge in [0.2, 0.25) is 0 Å². The zero-order valence-corrected chi connectivity index (χ0v) is 21.2. The molecule has 1 aromatic carbocycles. The van der Waals surface area contributed by atoms with E-state index in [0.717, 1.165) is 50.0 Å². The first kappa shape index (κ1) is 25.5. The van der Waals surface area contributed by atoms with Crippen LogP contribution in [0.3, 0.4) is 0 Å². The van der Waals surface area contributed by atoms with Crippen LogP contribution in [0, 0.1) is 17.3 Å². The summed E-state index contributed by atoms with van der Waals surface area (Å²) in [6.07, 6.45) is 21.3. The summed E-state index contributed by atoms with van der Waals surface area (Å²) >= 11 is 0. The van der Waals surface area contributed by atoms with Gasteiger partial charge in [0, 0.05) is 12.0 Å². The van der Waals surface area contributed by atoms with Crippen molar-refractivity contribution in [2.75, 3.05) is 13.2 Å². The summed E-state index contributed by atoms with van der Waals surface area (Å²) in [6, 6.07) is 10.2. The molecule has 2 unspecified atom stereocenters. The zero-order chi connectivity index (χ0) is 23.7. The fraction of sp³-hybridized carbons (Fsp3) is 0.767. The van der Waals surface area contributed by atoms with Crippen molar-refractivity contribution in [2.45, 2.75) is 115 Å². The molecule has 0 heterocycles. The molecule has 0 saturated heterocycles. The Hall–Kier alpha value is -1.55. The van der Waals surface area contributed by atoms with Crippen LogP contribution in [0.1, 0.15) is 109 Å². The number of rotatable bonds is 17. The Balaban J connectivity index is 1.12. The number of para-hydroxylation sites is 1. The van der Waals surface area contributed by atoms with E-state index in [2.05, 4.69) is 5.32 Å². The molecular formula is C30H47NO3. The minimum absolute atomic E-state index is 0.335. The van der Waals surface area contributed by atoms with Crippen LogP contribution in [-0.4, -0.2) is 29.8 Å². The summed E-state index contributed by atoms with van der Waals surface area (Å²) in [4.78, 5) is 10.6. The highest BCUT2D eigenvalue weighted by Crippen LogP contribution is 2.63. The summed E-state index contributed by atoms with van der Waals surface area (Å²) in [7, 11) is 0. The number of carboxylic acids is 1. The molecule has 0 spiro atoms. The van der Waals surface area contributed by atoms with E-state index in [4.69, 9.17) is 9.84 Å². The second-order valence-corrected chi connectivity index (χ2v) is 11.9. The van der Waals surface area contributed by atoms with E-state index >= 15 is 0 Å². The third-order valence-corrected chi connectivity index (χ3v) is 8.86. The van der Waals surface area contributed by atoms with Gasteiger partial charge in [-0.3, -0.25) is 4.79 Å². The first-order valence-corrected chi connectivity index (χ1v) is 14.2. The van der Waals surface area contributed by atoms with Crippen LogP contribution in [0.2, 0.25) is 0 Å². The average Bonchev–Trinajstić information content (AvgIpc) is 2.80. The number of benzene rings is 1. The molecule has 4 saturated carbocycles. The lowest BCUT2D eigenvalue weighted by Crippen LogP contribution is -2.62. The van der Waals surface area contributed by atoms with Gasteiger partial charge in [-0.25, -0.2) is 0 Å². The van der Waals surface area contributed by atoms with Gasteiger partial charge < -0.3 is 15.2 Å². The Kier molecular flexibility index (Phi) is 9.33. The van der Waals surface area contributed by atoms with E-state index in [0.29, 0.717) is 17.4 Å². The Labute approximate surface area is 207 Å². The van der Waals surface area contributed by atoms with Gasteiger partial charge in [-0.15, -0.1) is 0 Å². The maximum absolute atomic E-state index is 10.6. The lowest BCUT2D eigenvalue weighted by atomic mass is 9.46. The molecule has 34 heavy (non-hydrogen) atoms. The van der Waals surface area contributed by atoms with Gasteiger partial charge in [0.25, 0.3) is 0 Å². The van der Waals surface area contributed by atoms with Crippen molar-refractivity contribution in [3.63, 3.8) is 0 Å². The number of nitrogens with one attached hydrogen (secondary N) is 1. The van der Waals surface area contributed by atoms with E-state index in [9.17, 15) is 4.79 Å². The Morgan fingerprint density at radius 1 is 0.882 bits per heavy atom. The van der Waals surface area contributed by atoms with E-state index in [1.165, 1.54) is 83.5 Å². The minimum atomic E-state index is -0.653. The molecule has 4 bridgehead atoms. The van der Waals surface area contributed by atoms with Gasteiger partial charge in [0.1, 0.15) is 5.75 Å². The first-order chi connectivity index (χ1) is 16.6. The predicted molar refractivity (Wildman–Crippen MR) is 138 cm³/mol. The molecule has 2 atom stereocenters. The summed E-state index contributed by atoms with van der Waals surface area (Å²) in [5.41, 5.74) is 1.05. The number of carbonyl (C=O) groups is 1. The summed E-state index contributed by atoms with van der Waals surface area (Å²) in [5.74, 6) is 2.25. The largest absolute Gasteiger partial charge is 0.494 e. The van der Waals surface area contributed by atoms with Crippen molar-refractivity contribution in [1.82, 2.24) is 5.32 Å². The molecule has 5 rings (SSSR count). The number of carboxylic acid groups (broad SMARTS) is 1. The summed E-state index contributed by atoms with van der Waals surface area (Å²) < 4.78 is 5.87. The zero-order valence-electron chi connectivity index (χ0n) is 21.2. The van der Waals surface area contributed by atoms with Crippen molar-refractivity contribution in [2.24, 2.45) is 17.3 Å². The summed E-state index contributed by atoms with van der Waals surface area (Å²) in [5, 5.41) is 12.8. The second-order valence-electron chi connectivity index (χ2n) is 11.9. The molecule has 0 aromatic heterocycles. The topological polar surface area (TPSA) is 58.6 Å². The normalized spacial score (nSPS) is 29.4. The fourth-order valence-electron chi connectivity index (χ4n) is 7.90. The van der Waals surface area contributed by atoms with Gasteiger partial charge in [0.15, 0.2) is 0 Å². The second kappa shape index (κ2) is 12.4. The average molecular weight is 470 g/mol. The molecule has 1 aromatic rings. The molecule has 2 N–H and O–H groups in total. The fourth-order valence-corrected chi connectivity index (χ4v) is 7.90. The van der Waals surface area contributed by atoms with E-state index in [-0.39, 0.29) is 0 Å². The monoisotopic (exact) mass is 469 g/mol. The van der Waals surface area contributed by atoms with Crippen LogP contribution in [-0.2, 0) is 4.79 Å². The third-order valence-electron chi connectivity index (χ3n) is 8.86. The standard InChI is InChI=1S/C30H47NO3/c32-28(33)15-9-4-2-1-3-5-10-16-29-20-25-19-26(21-29)23-30(22-25,24-29)31-17-11-12-18-34-27-13-7-6-8-14-27/h6-8,13-14,25-26,31H,1-5,9-12,15-24H2,(H,32,33). The maximum Gasteiger partial charge on any atom is 0.303 e. The van der Waals surface area contributed by atoms with E-state index in [1.54, 1.807) is 0 Å². The number of ether oxygens (including phenoxy) is 1. The highest BCUT2D eigenvalue weighted by Gasteiger charge is 2.56. The smallest absolute Gasteiger partial charge is 0.303 e. The van der Waals surface area contributed by atoms with Crippen LogP contribution in [0.25, 0.3) is 0 Å². The molecule has 0 radical (unpaired) electrons. The van der Waals surface area contributed by atoms with Crippen LogP contribution in [0.4, 0.5) is 0 Å². The minimum Gasteiger partial charge on any atom is -0.494 e. The quantitative estimate of drug-likeness (QED) is 0.234. The maximum atomic E-state index is 10.6. The van der Waals surface area contributed by atoms with Crippen molar-refractivity contribution in [3.8, 4) is 5.75 Å². The van der Waals surface area contributed by atoms with E-state index < -0.39 is 5.97 Å². The molecule has 4 fully saturated rings. The number of hydrogen-bond acceptors (Lipinski definition) is 3. The van der Waals surface area contributed by atoms with Crippen LogP contribution in [0.15, 0.2) is 30.3 Å². The van der Waals surface area contributed by atoms with Gasteiger partial charge in [-0.05, 0) is 100 Å². The molecule has 4 nitrogen and oxygen atoms in total. The molecule has 0 aliphatic heterocycles. The SMILES string of the molecule is O=C(O)CCCCCCCCCC12CC3CC(C1)CC(NCCCCOc1ccccc1)(C3)C2. The first-order valence-electron chi connectivity index (χ1n) is 14.2. The molecule has 4 heteroatoms. The lowest BCUT2D eigenvalue weighted by Gasteiger charge is -2.63. The lowest BCUT2D eigenvalue weighted by molar-refractivity contribution is -0.137.